The Hall–Kier alpha value is -1.64. The maximum Gasteiger partial charge on any atom is 0.163 e. The zero-order chi connectivity index (χ0) is 19.1. The molecule has 0 saturated carbocycles. The molecule has 28 heavy (non-hydrogen) atoms. The molecule has 0 bridgehead atoms. The number of halogens is 1. The summed E-state index contributed by atoms with van der Waals surface area (Å²) in [5.41, 5.74) is 4.93. The van der Waals surface area contributed by atoms with E-state index in [1.165, 1.54) is 36.0 Å². The highest BCUT2D eigenvalue weighted by atomic mass is 35.5. The van der Waals surface area contributed by atoms with Crippen LogP contribution in [0.25, 0.3) is 0 Å². The molecule has 2 nitrogen and oxygen atoms in total. The molecule has 0 N–H and O–H groups in total. The number of carbonyl (C=O) groups is 1. The van der Waals surface area contributed by atoms with E-state index in [2.05, 4.69) is 49.1 Å². The quantitative estimate of drug-likeness (QED) is 0.489. The van der Waals surface area contributed by atoms with Crippen molar-refractivity contribution < 1.29 is 4.79 Å². The van der Waals surface area contributed by atoms with Gasteiger partial charge < -0.3 is 4.90 Å². The monoisotopic (exact) mass is 399 g/mol. The van der Waals surface area contributed by atoms with Crippen LogP contribution in [0.1, 0.15) is 66.6 Å². The number of hydrogen-bond acceptors (Lipinski definition) is 2. The van der Waals surface area contributed by atoms with Gasteiger partial charge in [0.1, 0.15) is 0 Å². The summed E-state index contributed by atoms with van der Waals surface area (Å²) in [5.74, 6) is 0.300. The second-order valence-electron chi connectivity index (χ2n) is 7.78. The fraction of sp³-hybridized carbons (Fsp3) is 0.480. The van der Waals surface area contributed by atoms with Crippen molar-refractivity contribution in [3.05, 3.63) is 70.8 Å². The van der Waals surface area contributed by atoms with Gasteiger partial charge in [-0.05, 0) is 68.3 Å². The van der Waals surface area contributed by atoms with Crippen molar-refractivity contribution in [3.8, 4) is 0 Å². The van der Waals surface area contributed by atoms with Gasteiger partial charge in [-0.2, -0.15) is 0 Å². The number of rotatable bonds is 9. The molecule has 1 unspecified atom stereocenters. The van der Waals surface area contributed by atoms with E-state index in [4.69, 9.17) is 0 Å². The molecule has 2 aromatic rings. The van der Waals surface area contributed by atoms with Crippen LogP contribution in [0.15, 0.2) is 48.5 Å². The summed E-state index contributed by atoms with van der Waals surface area (Å²) in [4.78, 5) is 15.7. The molecule has 0 saturated heterocycles. The average Bonchev–Trinajstić information content (AvgIpc) is 2.72. The summed E-state index contributed by atoms with van der Waals surface area (Å²) in [6.45, 7) is 6.85. The zero-order valence-corrected chi connectivity index (χ0v) is 18.1. The number of fused-ring (bicyclic) bond motifs is 1. The maximum absolute atomic E-state index is 13.0. The van der Waals surface area contributed by atoms with E-state index in [1.54, 1.807) is 0 Å². The zero-order valence-electron chi connectivity index (χ0n) is 17.3. The molecule has 3 rings (SSSR count). The normalized spacial score (nSPS) is 15.8. The third-order valence-corrected chi connectivity index (χ3v) is 5.78. The largest absolute Gasteiger partial charge is 0.300 e. The first-order valence-electron chi connectivity index (χ1n) is 10.6. The number of ketones is 1. The molecular weight excluding hydrogens is 366 g/mol. The highest BCUT2D eigenvalue weighted by Gasteiger charge is 2.26. The summed E-state index contributed by atoms with van der Waals surface area (Å²) < 4.78 is 0. The number of carbonyl (C=O) groups excluding carboxylic acids is 1. The van der Waals surface area contributed by atoms with Gasteiger partial charge in [-0.3, -0.25) is 4.79 Å². The van der Waals surface area contributed by atoms with Gasteiger partial charge in [-0.1, -0.05) is 62.4 Å². The summed E-state index contributed by atoms with van der Waals surface area (Å²) >= 11 is 0. The second kappa shape index (κ2) is 11.4. The molecule has 0 aliphatic heterocycles. The van der Waals surface area contributed by atoms with Crippen LogP contribution in [-0.2, 0) is 19.3 Å². The molecule has 1 aliphatic rings. The first-order valence-corrected chi connectivity index (χ1v) is 10.6. The van der Waals surface area contributed by atoms with E-state index in [0.29, 0.717) is 18.2 Å². The lowest BCUT2D eigenvalue weighted by Gasteiger charge is -2.35. The Morgan fingerprint density at radius 2 is 1.71 bits per heavy atom. The Kier molecular flexibility index (Phi) is 9.21. The standard InChI is InChI=1S/C25H33NO.ClH/c1-3-17-26(18-4-2)22-15-14-21-11-8-12-23(24(21)19-22)25(27)16-13-20-9-6-5-7-10-20;/h5-12,22H,3-4,13-19H2,1-2H3;1H. The predicted molar refractivity (Wildman–Crippen MR) is 121 cm³/mol. The molecule has 0 heterocycles. The summed E-state index contributed by atoms with van der Waals surface area (Å²) in [6, 6.07) is 17.3. The van der Waals surface area contributed by atoms with E-state index in [0.717, 1.165) is 37.9 Å². The van der Waals surface area contributed by atoms with Crippen LogP contribution in [0, 0.1) is 0 Å². The van der Waals surface area contributed by atoms with Crippen molar-refractivity contribution in [3.63, 3.8) is 0 Å². The molecule has 0 amide bonds. The predicted octanol–water partition coefficient (Wildman–Crippen LogP) is 5.90. The Bertz CT molecular complexity index is 737. The van der Waals surface area contributed by atoms with Crippen molar-refractivity contribution >= 4 is 18.2 Å². The fourth-order valence-corrected chi connectivity index (χ4v) is 4.43. The highest BCUT2D eigenvalue weighted by molar-refractivity contribution is 5.98. The third-order valence-electron chi connectivity index (χ3n) is 5.78. The molecule has 1 atom stereocenters. The lowest BCUT2D eigenvalue weighted by atomic mass is 9.83. The van der Waals surface area contributed by atoms with Crippen LogP contribution < -0.4 is 0 Å². The first kappa shape index (κ1) is 22.6. The van der Waals surface area contributed by atoms with Gasteiger partial charge in [0.2, 0.25) is 0 Å². The second-order valence-corrected chi connectivity index (χ2v) is 7.78. The van der Waals surface area contributed by atoms with Gasteiger partial charge in [-0.25, -0.2) is 0 Å². The lowest BCUT2D eigenvalue weighted by molar-refractivity contribution is 0.0980. The van der Waals surface area contributed by atoms with Crippen LogP contribution in [0.2, 0.25) is 0 Å². The topological polar surface area (TPSA) is 20.3 Å². The molecule has 3 heteroatoms. The summed E-state index contributed by atoms with van der Waals surface area (Å²) in [6.07, 6.45) is 7.16. The minimum atomic E-state index is 0. The molecule has 1 aliphatic carbocycles. The average molecular weight is 400 g/mol. The number of Topliss-reactive ketones (excluding diaryl/α,β-unsaturated/α-hetero) is 1. The van der Waals surface area contributed by atoms with Crippen molar-refractivity contribution in [1.82, 2.24) is 4.90 Å². The van der Waals surface area contributed by atoms with Gasteiger partial charge in [0.25, 0.3) is 0 Å². The fourth-order valence-electron chi connectivity index (χ4n) is 4.43. The van der Waals surface area contributed by atoms with Gasteiger partial charge in [-0.15, -0.1) is 12.4 Å². The minimum Gasteiger partial charge on any atom is -0.300 e. The third kappa shape index (κ3) is 5.68. The highest BCUT2D eigenvalue weighted by Crippen LogP contribution is 2.28. The van der Waals surface area contributed by atoms with E-state index < -0.39 is 0 Å². The molecular formula is C25H34ClNO. The van der Waals surface area contributed by atoms with Gasteiger partial charge in [0.15, 0.2) is 5.78 Å². The lowest BCUT2D eigenvalue weighted by Crippen LogP contribution is -2.40. The molecule has 2 aromatic carbocycles. The van der Waals surface area contributed by atoms with E-state index in [1.807, 2.05) is 18.2 Å². The van der Waals surface area contributed by atoms with Crippen molar-refractivity contribution in [1.29, 1.82) is 0 Å². The van der Waals surface area contributed by atoms with Gasteiger partial charge >= 0.3 is 0 Å². The van der Waals surface area contributed by atoms with Crippen LogP contribution in [0.5, 0.6) is 0 Å². The molecule has 0 spiro atoms. The van der Waals surface area contributed by atoms with Crippen molar-refractivity contribution in [2.75, 3.05) is 13.1 Å². The Balaban J connectivity index is 0.00000280. The van der Waals surface area contributed by atoms with Gasteiger partial charge in [0.05, 0.1) is 0 Å². The maximum atomic E-state index is 13.0. The molecule has 0 aromatic heterocycles. The molecule has 152 valence electrons. The Labute approximate surface area is 176 Å². The molecule has 0 fully saturated rings. The number of benzene rings is 2. The Morgan fingerprint density at radius 1 is 1.00 bits per heavy atom. The van der Waals surface area contributed by atoms with Crippen LogP contribution in [0.4, 0.5) is 0 Å². The Morgan fingerprint density at radius 3 is 2.39 bits per heavy atom. The van der Waals surface area contributed by atoms with E-state index in [-0.39, 0.29) is 12.4 Å². The minimum absolute atomic E-state index is 0. The SMILES string of the molecule is CCCN(CCC)C1CCc2cccc(C(=O)CCc3ccccc3)c2C1.Cl. The van der Waals surface area contributed by atoms with Crippen molar-refractivity contribution in [2.24, 2.45) is 0 Å². The smallest absolute Gasteiger partial charge is 0.163 e. The summed E-state index contributed by atoms with van der Waals surface area (Å²) in [5, 5.41) is 0. The first-order chi connectivity index (χ1) is 13.2. The van der Waals surface area contributed by atoms with Crippen LogP contribution >= 0.6 is 12.4 Å². The van der Waals surface area contributed by atoms with E-state index >= 15 is 0 Å². The molecule has 0 radical (unpaired) electrons. The van der Waals surface area contributed by atoms with E-state index in [9.17, 15) is 4.79 Å². The number of nitrogens with zero attached hydrogens (tertiary/aromatic N) is 1. The number of hydrogen-bond donors (Lipinski definition) is 0. The van der Waals surface area contributed by atoms with Crippen molar-refractivity contribution in [2.45, 2.75) is 64.8 Å². The van der Waals surface area contributed by atoms with Crippen LogP contribution in [0.3, 0.4) is 0 Å². The summed E-state index contributed by atoms with van der Waals surface area (Å²) in [7, 11) is 0. The van der Waals surface area contributed by atoms with Gasteiger partial charge in [0, 0.05) is 18.0 Å². The van der Waals surface area contributed by atoms with Crippen LogP contribution in [-0.4, -0.2) is 29.8 Å². The number of aryl methyl sites for hydroxylation is 2.